The van der Waals surface area contributed by atoms with E-state index in [2.05, 4.69) is 30.5 Å². The van der Waals surface area contributed by atoms with Crippen molar-refractivity contribution in [1.82, 2.24) is 30.1 Å². The van der Waals surface area contributed by atoms with Crippen molar-refractivity contribution < 1.29 is 23.8 Å². The van der Waals surface area contributed by atoms with Gasteiger partial charge in [0.1, 0.15) is 12.4 Å². The molecule has 0 saturated carbocycles. The van der Waals surface area contributed by atoms with Crippen molar-refractivity contribution >= 4 is 17.6 Å². The predicted molar refractivity (Wildman–Crippen MR) is 150 cm³/mol. The van der Waals surface area contributed by atoms with Crippen molar-refractivity contribution in [2.45, 2.75) is 58.4 Å². The number of amides is 2. The average Bonchev–Trinajstić information content (AvgIpc) is 3.39. The molecular weight excluding hydrogens is 526 g/mol. The van der Waals surface area contributed by atoms with Gasteiger partial charge in [-0.3, -0.25) is 14.5 Å². The molecule has 12 heteroatoms. The van der Waals surface area contributed by atoms with Crippen LogP contribution in [0.2, 0.25) is 0 Å². The first-order chi connectivity index (χ1) is 19.8. The summed E-state index contributed by atoms with van der Waals surface area (Å²) in [4.78, 5) is 41.4. The number of aromatic nitrogens is 3. The van der Waals surface area contributed by atoms with Gasteiger partial charge in [0, 0.05) is 76.5 Å². The lowest BCUT2D eigenvalue weighted by atomic mass is 10.0. The summed E-state index contributed by atoms with van der Waals surface area (Å²) in [6.07, 6.45) is 4.70. The van der Waals surface area contributed by atoms with E-state index in [1.807, 2.05) is 24.0 Å². The Balaban J connectivity index is 1.05. The zero-order valence-corrected chi connectivity index (χ0v) is 23.5. The molecule has 0 bridgehead atoms. The Hall–Kier alpha value is -4.03. The van der Waals surface area contributed by atoms with Gasteiger partial charge >= 0.3 is 0 Å². The molecule has 41 heavy (non-hydrogen) atoms. The maximum absolute atomic E-state index is 12.8. The molecule has 5 rings (SSSR count). The molecule has 2 aliphatic heterocycles. The molecule has 1 fully saturated rings. The molecule has 0 aliphatic carbocycles. The number of aliphatic hydroxyl groups is 1. The number of rotatable bonds is 10. The van der Waals surface area contributed by atoms with Gasteiger partial charge in [-0.1, -0.05) is 6.07 Å². The largest absolute Gasteiger partial charge is 0.469 e. The van der Waals surface area contributed by atoms with Crippen molar-refractivity contribution in [2.75, 3.05) is 38.0 Å². The summed E-state index contributed by atoms with van der Waals surface area (Å²) in [6.45, 7) is 7.16. The van der Waals surface area contributed by atoms with Crippen LogP contribution in [0.4, 0.5) is 5.82 Å². The Bertz CT molecular complexity index is 1350. The fourth-order valence-corrected chi connectivity index (χ4v) is 5.17. The number of anilines is 1. The van der Waals surface area contributed by atoms with Crippen molar-refractivity contribution in [3.8, 4) is 5.88 Å². The highest BCUT2D eigenvalue weighted by molar-refractivity contribution is 5.94. The van der Waals surface area contributed by atoms with Crippen LogP contribution in [0.3, 0.4) is 0 Å². The van der Waals surface area contributed by atoms with Crippen LogP contribution in [0.1, 0.15) is 52.8 Å². The van der Waals surface area contributed by atoms with E-state index in [4.69, 9.17) is 9.15 Å². The molecule has 0 spiro atoms. The second-order valence-electron chi connectivity index (χ2n) is 10.6. The number of hydrogen-bond donors (Lipinski definition) is 3. The van der Waals surface area contributed by atoms with Crippen LogP contribution in [-0.4, -0.2) is 86.5 Å². The zero-order chi connectivity index (χ0) is 28.8. The van der Waals surface area contributed by atoms with E-state index in [1.165, 1.54) is 6.39 Å². The number of likely N-dealkylation sites (tertiary alicyclic amines) is 1. The van der Waals surface area contributed by atoms with Crippen LogP contribution in [0.15, 0.2) is 41.3 Å². The fourth-order valence-electron chi connectivity index (χ4n) is 5.17. The first kappa shape index (κ1) is 28.5. The van der Waals surface area contributed by atoms with Gasteiger partial charge in [0.25, 0.3) is 5.91 Å². The van der Waals surface area contributed by atoms with Crippen LogP contribution in [0, 0.1) is 6.92 Å². The number of ether oxygens (including phenoxy) is 1. The Morgan fingerprint density at radius 3 is 2.78 bits per heavy atom. The number of aliphatic hydroxyl groups excluding tert-OH is 1. The Morgan fingerprint density at radius 2 is 2.02 bits per heavy atom. The molecule has 2 amide bonds. The van der Waals surface area contributed by atoms with Gasteiger partial charge in [-0.05, 0) is 37.5 Å². The van der Waals surface area contributed by atoms with Crippen LogP contribution in [-0.2, 0) is 24.4 Å². The zero-order valence-electron chi connectivity index (χ0n) is 23.5. The Labute approximate surface area is 239 Å². The van der Waals surface area contributed by atoms with Crippen LogP contribution in [0.25, 0.3) is 0 Å². The summed E-state index contributed by atoms with van der Waals surface area (Å²) in [5.41, 5.74) is 3.36. The van der Waals surface area contributed by atoms with Crippen LogP contribution in [0.5, 0.6) is 5.88 Å². The number of hydrogen-bond acceptors (Lipinski definition) is 10. The Kier molecular flexibility index (Phi) is 9.10. The summed E-state index contributed by atoms with van der Waals surface area (Å²) in [7, 11) is 0. The van der Waals surface area contributed by atoms with Gasteiger partial charge in [0.15, 0.2) is 12.2 Å². The lowest BCUT2D eigenvalue weighted by Crippen LogP contribution is -2.42. The SMILES string of the molecule is CC(=O)N1CCC(Nc2cc(C(=O)NC[C@H](O)CN3CCc4nc(OCc5ocnc5C)ccc4C3)ccn2)CC1. The van der Waals surface area contributed by atoms with Crippen LogP contribution >= 0.6 is 0 Å². The summed E-state index contributed by atoms with van der Waals surface area (Å²) >= 11 is 0. The van der Waals surface area contributed by atoms with Crippen molar-refractivity contribution in [3.05, 3.63) is 65.1 Å². The van der Waals surface area contributed by atoms with E-state index in [0.29, 0.717) is 49.2 Å². The summed E-state index contributed by atoms with van der Waals surface area (Å²) < 4.78 is 11.1. The summed E-state index contributed by atoms with van der Waals surface area (Å²) in [5, 5.41) is 16.9. The highest BCUT2D eigenvalue weighted by Gasteiger charge is 2.23. The normalized spacial score (nSPS) is 16.6. The number of nitrogens with one attached hydrogen (secondary N) is 2. The topological polar surface area (TPSA) is 146 Å². The molecule has 0 radical (unpaired) electrons. The number of oxazole rings is 1. The van der Waals surface area contributed by atoms with E-state index >= 15 is 0 Å². The molecule has 2 aliphatic rings. The quantitative estimate of drug-likeness (QED) is 0.334. The number of piperidine rings is 1. The minimum Gasteiger partial charge on any atom is -0.469 e. The number of pyridine rings is 2. The number of fused-ring (bicyclic) bond motifs is 1. The van der Waals surface area contributed by atoms with Gasteiger partial charge in [0.05, 0.1) is 17.5 Å². The third-order valence-electron chi connectivity index (χ3n) is 7.58. The number of carbonyl (C=O) groups is 2. The van der Waals surface area contributed by atoms with Gasteiger partial charge in [0.2, 0.25) is 11.8 Å². The van der Waals surface area contributed by atoms with Gasteiger partial charge < -0.3 is 29.8 Å². The number of β-amino-alcohol motifs (C(OH)–C–C–N with tert-alkyl or cyclic N) is 1. The van der Waals surface area contributed by atoms with Gasteiger partial charge in [-0.25, -0.2) is 15.0 Å². The highest BCUT2D eigenvalue weighted by atomic mass is 16.5. The first-order valence-electron chi connectivity index (χ1n) is 14.0. The maximum atomic E-state index is 12.8. The molecule has 0 unspecified atom stereocenters. The lowest BCUT2D eigenvalue weighted by molar-refractivity contribution is -0.129. The van der Waals surface area contributed by atoms with E-state index < -0.39 is 6.10 Å². The fraction of sp³-hybridized carbons (Fsp3) is 0.483. The molecular formula is C29H37N7O5. The maximum Gasteiger partial charge on any atom is 0.251 e. The molecule has 1 saturated heterocycles. The monoisotopic (exact) mass is 563 g/mol. The highest BCUT2D eigenvalue weighted by Crippen LogP contribution is 2.22. The number of aryl methyl sites for hydroxylation is 1. The number of nitrogens with zero attached hydrogens (tertiary/aromatic N) is 5. The third-order valence-corrected chi connectivity index (χ3v) is 7.58. The molecule has 3 aromatic rings. The van der Waals surface area contributed by atoms with E-state index in [1.54, 1.807) is 25.3 Å². The minimum atomic E-state index is -0.716. The van der Waals surface area contributed by atoms with E-state index in [0.717, 1.165) is 42.8 Å². The van der Waals surface area contributed by atoms with Gasteiger partial charge in [-0.15, -0.1) is 0 Å². The number of carbonyl (C=O) groups excluding carboxylic acids is 2. The van der Waals surface area contributed by atoms with Crippen molar-refractivity contribution in [1.29, 1.82) is 0 Å². The van der Waals surface area contributed by atoms with Crippen LogP contribution < -0.4 is 15.4 Å². The van der Waals surface area contributed by atoms with Crippen molar-refractivity contribution in [2.24, 2.45) is 0 Å². The molecule has 3 aromatic heterocycles. The lowest BCUT2D eigenvalue weighted by Gasteiger charge is -2.32. The third kappa shape index (κ3) is 7.59. The first-order valence-corrected chi connectivity index (χ1v) is 14.0. The van der Waals surface area contributed by atoms with Crippen molar-refractivity contribution in [3.63, 3.8) is 0 Å². The molecule has 0 aromatic carbocycles. The smallest absolute Gasteiger partial charge is 0.251 e. The van der Waals surface area contributed by atoms with Gasteiger partial charge in [-0.2, -0.15) is 0 Å². The molecule has 12 nitrogen and oxygen atoms in total. The minimum absolute atomic E-state index is 0.0967. The second-order valence-corrected chi connectivity index (χ2v) is 10.6. The predicted octanol–water partition coefficient (Wildman–Crippen LogP) is 1.92. The molecule has 218 valence electrons. The summed E-state index contributed by atoms with van der Waals surface area (Å²) in [6, 6.07) is 7.43. The summed E-state index contributed by atoms with van der Waals surface area (Å²) in [5.74, 6) is 1.69. The average molecular weight is 564 g/mol. The molecule has 1 atom stereocenters. The Morgan fingerprint density at radius 1 is 1.20 bits per heavy atom. The van der Waals surface area contributed by atoms with E-state index in [-0.39, 0.29) is 31.0 Å². The molecule has 3 N–H and O–H groups in total. The standard InChI is InChI=1S/C29H37N7O5/c1-19-26(41-18-32-19)17-40-28-4-3-22-15-35(10-8-25(22)34-28)16-24(38)14-31-29(39)21-5-9-30-27(13-21)33-23-6-11-36(12-7-23)20(2)37/h3-5,9,13,18,23-24,38H,6-8,10-12,14-17H2,1-2H3,(H,30,33)(H,31,39)/t24-/m0/s1. The van der Waals surface area contributed by atoms with E-state index in [9.17, 15) is 14.7 Å². The molecule has 5 heterocycles. The second kappa shape index (κ2) is 13.1.